The van der Waals surface area contributed by atoms with Crippen LogP contribution in [-0.2, 0) is 4.79 Å². The lowest BCUT2D eigenvalue weighted by molar-refractivity contribution is -0.141. The fourth-order valence-corrected chi connectivity index (χ4v) is 0.598. The number of hydrogen-bond donors (Lipinski definition) is 2. The number of carbonyl (C=O) groups is 1. The lowest BCUT2D eigenvalue weighted by atomic mass is 10.1. The van der Waals surface area contributed by atoms with Crippen molar-refractivity contribution in [1.82, 2.24) is 0 Å². The van der Waals surface area contributed by atoms with Crippen LogP contribution in [0.5, 0.6) is 0 Å². The van der Waals surface area contributed by atoms with Crippen molar-refractivity contribution in [2.45, 2.75) is 13.3 Å². The molecule has 0 bridgehead atoms. The molecule has 1 unspecified atom stereocenters. The Morgan fingerprint density at radius 3 is 2.70 bits per heavy atom. The molecular formula is C7H13NO2. The zero-order valence-corrected chi connectivity index (χ0v) is 6.08. The van der Waals surface area contributed by atoms with Crippen LogP contribution in [0.25, 0.3) is 0 Å². The zero-order valence-electron chi connectivity index (χ0n) is 6.08. The lowest BCUT2D eigenvalue weighted by Gasteiger charge is -2.04. The quantitative estimate of drug-likeness (QED) is 0.567. The molecule has 0 saturated heterocycles. The second-order valence-electron chi connectivity index (χ2n) is 2.08. The summed E-state index contributed by atoms with van der Waals surface area (Å²) in [6, 6.07) is 0. The van der Waals surface area contributed by atoms with E-state index >= 15 is 0 Å². The Balaban J connectivity index is 3.71. The van der Waals surface area contributed by atoms with E-state index in [0.29, 0.717) is 6.42 Å². The number of hydrogen-bond acceptors (Lipinski definition) is 2. The van der Waals surface area contributed by atoms with Crippen molar-refractivity contribution in [3.8, 4) is 0 Å². The van der Waals surface area contributed by atoms with Crippen molar-refractivity contribution >= 4 is 5.97 Å². The summed E-state index contributed by atoms with van der Waals surface area (Å²) in [5, 5.41) is 8.49. The topological polar surface area (TPSA) is 63.3 Å². The van der Waals surface area contributed by atoms with Gasteiger partial charge in [-0.15, -0.1) is 0 Å². The molecule has 3 nitrogen and oxygen atoms in total. The summed E-state index contributed by atoms with van der Waals surface area (Å²) < 4.78 is 0. The third-order valence-electron chi connectivity index (χ3n) is 1.29. The van der Waals surface area contributed by atoms with Crippen LogP contribution >= 0.6 is 0 Å². The predicted molar refractivity (Wildman–Crippen MR) is 39.6 cm³/mol. The second kappa shape index (κ2) is 4.99. The van der Waals surface area contributed by atoms with Crippen LogP contribution in [0, 0.1) is 5.92 Å². The van der Waals surface area contributed by atoms with Gasteiger partial charge in [-0.1, -0.05) is 12.2 Å². The largest absolute Gasteiger partial charge is 0.481 e. The number of nitrogens with two attached hydrogens (primary N) is 1. The first kappa shape index (κ1) is 9.17. The molecule has 0 aromatic heterocycles. The van der Waals surface area contributed by atoms with Gasteiger partial charge in [-0.3, -0.25) is 4.79 Å². The van der Waals surface area contributed by atoms with Gasteiger partial charge in [-0.2, -0.15) is 0 Å². The molecule has 0 aliphatic rings. The highest BCUT2D eigenvalue weighted by Gasteiger charge is 2.12. The van der Waals surface area contributed by atoms with Crippen molar-refractivity contribution in [3.05, 3.63) is 12.2 Å². The minimum absolute atomic E-state index is 0.208. The number of aliphatic carboxylic acids is 1. The molecule has 0 saturated carbocycles. The molecule has 0 fully saturated rings. The van der Waals surface area contributed by atoms with E-state index in [1.54, 1.807) is 0 Å². The fraction of sp³-hybridized carbons (Fsp3) is 0.571. The summed E-state index contributed by atoms with van der Waals surface area (Å²) >= 11 is 0. The van der Waals surface area contributed by atoms with E-state index in [2.05, 4.69) is 0 Å². The first-order valence-corrected chi connectivity index (χ1v) is 3.26. The second-order valence-corrected chi connectivity index (χ2v) is 2.08. The Morgan fingerprint density at radius 1 is 1.80 bits per heavy atom. The molecule has 0 amide bonds. The van der Waals surface area contributed by atoms with Crippen LogP contribution in [0.2, 0.25) is 0 Å². The number of carboxylic acid groups (broad SMARTS) is 1. The molecule has 0 aliphatic heterocycles. The Morgan fingerprint density at radius 2 is 2.40 bits per heavy atom. The van der Waals surface area contributed by atoms with Crippen molar-refractivity contribution in [2.24, 2.45) is 11.7 Å². The van der Waals surface area contributed by atoms with E-state index in [-0.39, 0.29) is 6.54 Å². The average molecular weight is 143 g/mol. The van der Waals surface area contributed by atoms with Crippen LogP contribution in [0.1, 0.15) is 13.3 Å². The summed E-state index contributed by atoms with van der Waals surface area (Å²) in [7, 11) is 0. The fourth-order valence-electron chi connectivity index (χ4n) is 0.598. The summed E-state index contributed by atoms with van der Waals surface area (Å²) in [5.74, 6) is -1.24. The van der Waals surface area contributed by atoms with E-state index in [1.807, 2.05) is 19.1 Å². The minimum atomic E-state index is -0.819. The van der Waals surface area contributed by atoms with Crippen molar-refractivity contribution < 1.29 is 9.90 Å². The summed E-state index contributed by atoms with van der Waals surface area (Å²) in [4.78, 5) is 10.3. The molecule has 0 aliphatic carbocycles. The average Bonchev–Trinajstić information content (AvgIpc) is 1.89. The van der Waals surface area contributed by atoms with Gasteiger partial charge >= 0.3 is 5.97 Å². The third-order valence-corrected chi connectivity index (χ3v) is 1.29. The molecule has 0 heterocycles. The maximum Gasteiger partial charge on any atom is 0.308 e. The van der Waals surface area contributed by atoms with E-state index in [9.17, 15) is 4.79 Å². The molecule has 10 heavy (non-hydrogen) atoms. The maximum absolute atomic E-state index is 10.3. The smallest absolute Gasteiger partial charge is 0.308 e. The molecular weight excluding hydrogens is 130 g/mol. The Hall–Kier alpha value is -0.830. The molecule has 3 heteroatoms. The van der Waals surface area contributed by atoms with Crippen molar-refractivity contribution in [2.75, 3.05) is 6.54 Å². The Labute approximate surface area is 60.5 Å². The van der Waals surface area contributed by atoms with Gasteiger partial charge in [0.15, 0.2) is 0 Å². The molecule has 0 spiro atoms. The van der Waals surface area contributed by atoms with E-state index in [1.165, 1.54) is 0 Å². The van der Waals surface area contributed by atoms with Crippen LogP contribution in [0.3, 0.4) is 0 Å². The van der Waals surface area contributed by atoms with E-state index in [0.717, 1.165) is 0 Å². The van der Waals surface area contributed by atoms with Gasteiger partial charge in [0.05, 0.1) is 5.92 Å². The van der Waals surface area contributed by atoms with Crippen molar-refractivity contribution in [3.63, 3.8) is 0 Å². The zero-order chi connectivity index (χ0) is 7.98. The molecule has 0 aromatic rings. The highest BCUT2D eigenvalue weighted by Crippen LogP contribution is 2.01. The molecule has 3 N–H and O–H groups in total. The summed E-state index contributed by atoms with van der Waals surface area (Å²) in [6.45, 7) is 2.06. The number of allylic oxidation sites excluding steroid dienone is 2. The number of rotatable bonds is 4. The van der Waals surface area contributed by atoms with Gasteiger partial charge in [0.25, 0.3) is 0 Å². The van der Waals surface area contributed by atoms with Gasteiger partial charge in [-0.25, -0.2) is 0 Å². The summed E-state index contributed by atoms with van der Waals surface area (Å²) in [6.07, 6.45) is 4.17. The highest BCUT2D eigenvalue weighted by molar-refractivity contribution is 5.70. The maximum atomic E-state index is 10.3. The SMILES string of the molecule is CC=CCC(CN)C(=O)O. The highest BCUT2D eigenvalue weighted by atomic mass is 16.4. The van der Waals surface area contributed by atoms with Gasteiger partial charge in [0.1, 0.15) is 0 Å². The number of carboxylic acids is 1. The summed E-state index contributed by atoms with van der Waals surface area (Å²) in [5.41, 5.74) is 5.20. The minimum Gasteiger partial charge on any atom is -0.481 e. The third kappa shape index (κ3) is 3.25. The first-order chi connectivity index (χ1) is 4.72. The Bertz CT molecular complexity index is 132. The normalized spacial score (nSPS) is 13.8. The predicted octanol–water partition coefficient (Wildman–Crippen LogP) is 0.612. The van der Waals surface area contributed by atoms with Crippen LogP contribution in [-0.4, -0.2) is 17.6 Å². The van der Waals surface area contributed by atoms with Crippen LogP contribution in [0.15, 0.2) is 12.2 Å². The van der Waals surface area contributed by atoms with Gasteiger partial charge in [0, 0.05) is 6.54 Å². The van der Waals surface area contributed by atoms with Crippen molar-refractivity contribution in [1.29, 1.82) is 0 Å². The van der Waals surface area contributed by atoms with Gasteiger partial charge < -0.3 is 10.8 Å². The monoisotopic (exact) mass is 143 g/mol. The van der Waals surface area contributed by atoms with E-state index in [4.69, 9.17) is 10.8 Å². The molecule has 0 radical (unpaired) electrons. The Kier molecular flexibility index (Phi) is 4.58. The molecule has 1 atom stereocenters. The van der Waals surface area contributed by atoms with Crippen LogP contribution in [0.4, 0.5) is 0 Å². The molecule has 0 aromatic carbocycles. The van der Waals surface area contributed by atoms with Gasteiger partial charge in [-0.05, 0) is 13.3 Å². The first-order valence-electron chi connectivity index (χ1n) is 3.26. The molecule has 0 rings (SSSR count). The molecule has 58 valence electrons. The van der Waals surface area contributed by atoms with E-state index < -0.39 is 11.9 Å². The lowest BCUT2D eigenvalue weighted by Crippen LogP contribution is -2.22. The van der Waals surface area contributed by atoms with Crippen LogP contribution < -0.4 is 5.73 Å². The van der Waals surface area contributed by atoms with Gasteiger partial charge in [0.2, 0.25) is 0 Å². The standard InChI is InChI=1S/C7H13NO2/c1-2-3-4-6(5-8)7(9)10/h2-3,6H,4-5,8H2,1H3,(H,9,10).